The maximum Gasteiger partial charge on any atom is 0.266 e. The molecule has 2 aromatic heterocycles. The molecular formula is C30H30FN3O4S. The highest BCUT2D eigenvalue weighted by Crippen LogP contribution is 2.39. The number of para-hydroxylation sites is 1. The maximum atomic E-state index is 14.0. The van der Waals surface area contributed by atoms with E-state index in [9.17, 15) is 14.0 Å². The molecule has 6 rings (SSSR count). The third kappa shape index (κ3) is 5.22. The molecule has 2 aliphatic rings. The molecule has 9 heteroatoms. The minimum Gasteiger partial charge on any atom is -0.354 e. The van der Waals surface area contributed by atoms with E-state index in [0.29, 0.717) is 46.3 Å². The van der Waals surface area contributed by atoms with E-state index in [2.05, 4.69) is 5.32 Å². The largest absolute Gasteiger partial charge is 0.354 e. The zero-order valence-electron chi connectivity index (χ0n) is 21.7. The monoisotopic (exact) mass is 547 g/mol. The predicted molar refractivity (Wildman–Crippen MR) is 151 cm³/mol. The molecule has 2 fully saturated rings. The summed E-state index contributed by atoms with van der Waals surface area (Å²) in [6, 6.07) is 17.4. The smallest absolute Gasteiger partial charge is 0.266 e. The molecule has 1 unspecified atom stereocenters. The molecule has 1 amide bonds. The van der Waals surface area contributed by atoms with Crippen LogP contribution in [0.5, 0.6) is 0 Å². The molecule has 2 aliphatic heterocycles. The van der Waals surface area contributed by atoms with Crippen LogP contribution in [0, 0.1) is 12.7 Å². The van der Waals surface area contributed by atoms with Gasteiger partial charge >= 0.3 is 0 Å². The quantitative estimate of drug-likeness (QED) is 0.321. The van der Waals surface area contributed by atoms with E-state index in [1.54, 1.807) is 29.7 Å². The van der Waals surface area contributed by atoms with Crippen LogP contribution < -0.4 is 10.9 Å². The molecule has 39 heavy (non-hydrogen) atoms. The summed E-state index contributed by atoms with van der Waals surface area (Å²) in [5, 5.41) is 4.12. The molecule has 0 radical (unpaired) electrons. The number of anilines is 2. The van der Waals surface area contributed by atoms with Gasteiger partial charge in [-0.1, -0.05) is 18.2 Å². The van der Waals surface area contributed by atoms with Gasteiger partial charge in [-0.15, -0.1) is 11.3 Å². The molecule has 7 nitrogen and oxygen atoms in total. The molecule has 0 spiro atoms. The van der Waals surface area contributed by atoms with Gasteiger partial charge in [-0.05, 0) is 74.6 Å². The van der Waals surface area contributed by atoms with Gasteiger partial charge in [0.2, 0.25) is 0 Å². The number of amides is 1. The van der Waals surface area contributed by atoms with Crippen molar-refractivity contribution in [3.63, 3.8) is 0 Å². The number of likely N-dealkylation sites (tertiary alicyclic amines) is 1. The zero-order chi connectivity index (χ0) is 26.9. The lowest BCUT2D eigenvalue weighted by Gasteiger charge is -2.26. The molecule has 1 N–H and O–H groups in total. The number of ether oxygens (including phenoxy) is 2. The van der Waals surface area contributed by atoms with Crippen molar-refractivity contribution in [2.45, 2.75) is 45.0 Å². The highest BCUT2D eigenvalue weighted by Gasteiger charge is 2.33. The average molecular weight is 548 g/mol. The number of pyridine rings is 1. The van der Waals surface area contributed by atoms with Crippen molar-refractivity contribution in [1.82, 2.24) is 9.47 Å². The lowest BCUT2D eigenvalue weighted by molar-refractivity contribution is -0.184. The average Bonchev–Trinajstić information content (AvgIpc) is 3.56. The Hall–Kier alpha value is -3.53. The SMILES string of the molecule is Cc1cc(Nc2c(C(=O)N3CCC(O[C@@H]4CCCCO4)C3)sc3c2ccc(=O)n3-c2ccccc2)ccc1F. The topological polar surface area (TPSA) is 72.8 Å². The fourth-order valence-electron chi connectivity index (χ4n) is 5.25. The van der Waals surface area contributed by atoms with E-state index in [1.807, 2.05) is 35.2 Å². The second-order valence-corrected chi connectivity index (χ2v) is 11.0. The normalized spacial score (nSPS) is 19.5. The highest BCUT2D eigenvalue weighted by molar-refractivity contribution is 7.21. The van der Waals surface area contributed by atoms with Gasteiger partial charge < -0.3 is 19.7 Å². The molecule has 0 saturated carbocycles. The summed E-state index contributed by atoms with van der Waals surface area (Å²) < 4.78 is 27.5. The second kappa shape index (κ2) is 10.9. The van der Waals surface area contributed by atoms with Crippen LogP contribution >= 0.6 is 11.3 Å². The molecule has 2 atom stereocenters. The van der Waals surface area contributed by atoms with Crippen molar-refractivity contribution in [1.29, 1.82) is 0 Å². The van der Waals surface area contributed by atoms with Crippen molar-refractivity contribution in [3.05, 3.63) is 87.3 Å². The Kier molecular flexibility index (Phi) is 7.20. The van der Waals surface area contributed by atoms with Crippen LogP contribution in [0.2, 0.25) is 0 Å². The number of aromatic nitrogens is 1. The Balaban J connectivity index is 1.38. The summed E-state index contributed by atoms with van der Waals surface area (Å²) in [5.74, 6) is -0.421. The summed E-state index contributed by atoms with van der Waals surface area (Å²) in [5.41, 5.74) is 2.31. The van der Waals surface area contributed by atoms with Crippen molar-refractivity contribution < 1.29 is 18.7 Å². The predicted octanol–water partition coefficient (Wildman–Crippen LogP) is 6.00. The number of carbonyl (C=O) groups is 1. The van der Waals surface area contributed by atoms with Crippen LogP contribution in [0.1, 0.15) is 40.9 Å². The number of carbonyl (C=O) groups excluding carboxylic acids is 1. The van der Waals surface area contributed by atoms with Crippen LogP contribution in [0.25, 0.3) is 15.9 Å². The Bertz CT molecular complexity index is 1560. The molecule has 4 heterocycles. The number of aryl methyl sites for hydroxylation is 1. The third-order valence-corrected chi connectivity index (χ3v) is 8.47. The molecule has 0 bridgehead atoms. The number of nitrogens with one attached hydrogen (secondary N) is 1. The van der Waals surface area contributed by atoms with Gasteiger partial charge in [0.25, 0.3) is 11.5 Å². The maximum absolute atomic E-state index is 14.0. The summed E-state index contributed by atoms with van der Waals surface area (Å²) in [6.45, 7) is 3.47. The Morgan fingerprint density at radius 1 is 1.10 bits per heavy atom. The van der Waals surface area contributed by atoms with E-state index in [4.69, 9.17) is 9.47 Å². The number of fused-ring (bicyclic) bond motifs is 1. The first-order valence-corrected chi connectivity index (χ1v) is 14.1. The van der Waals surface area contributed by atoms with Gasteiger partial charge in [0.05, 0.1) is 17.5 Å². The lowest BCUT2D eigenvalue weighted by Crippen LogP contribution is -2.32. The Labute approximate surface area is 229 Å². The number of thiophene rings is 1. The first-order valence-electron chi connectivity index (χ1n) is 13.3. The number of benzene rings is 2. The summed E-state index contributed by atoms with van der Waals surface area (Å²) in [6.07, 6.45) is 3.47. The highest BCUT2D eigenvalue weighted by atomic mass is 32.1. The summed E-state index contributed by atoms with van der Waals surface area (Å²) in [7, 11) is 0. The van der Waals surface area contributed by atoms with Crippen LogP contribution in [-0.4, -0.2) is 47.5 Å². The van der Waals surface area contributed by atoms with Gasteiger partial charge in [0, 0.05) is 36.8 Å². The number of halogens is 1. The third-order valence-electron chi connectivity index (χ3n) is 7.29. The van der Waals surface area contributed by atoms with Gasteiger partial charge in [-0.25, -0.2) is 4.39 Å². The minimum atomic E-state index is -0.296. The van der Waals surface area contributed by atoms with Gasteiger partial charge in [0.1, 0.15) is 15.5 Å². The molecule has 2 aromatic carbocycles. The number of rotatable bonds is 6. The minimum absolute atomic E-state index is 0.0786. The van der Waals surface area contributed by atoms with E-state index < -0.39 is 0 Å². The van der Waals surface area contributed by atoms with Crippen molar-refractivity contribution >= 4 is 38.8 Å². The summed E-state index contributed by atoms with van der Waals surface area (Å²) >= 11 is 1.29. The van der Waals surface area contributed by atoms with Crippen molar-refractivity contribution in [2.75, 3.05) is 25.0 Å². The van der Waals surface area contributed by atoms with Crippen LogP contribution in [0.15, 0.2) is 65.5 Å². The molecule has 4 aromatic rings. The van der Waals surface area contributed by atoms with Gasteiger partial charge in [-0.2, -0.15) is 0 Å². The molecule has 2 saturated heterocycles. The standard InChI is InChI=1S/C30H30FN3O4S/c1-19-17-20(10-12-24(19)31)32-27-23-11-13-25(35)34(21-7-3-2-4-8-21)30(23)39-28(27)29(36)33-15-14-22(18-33)38-26-9-5-6-16-37-26/h2-4,7-8,10-13,17,22,26,32H,5-6,9,14-16,18H2,1H3/t22?,26-/m1/s1. The van der Waals surface area contributed by atoms with Crippen LogP contribution in [0.3, 0.4) is 0 Å². The number of nitrogens with zero attached hydrogens (tertiary/aromatic N) is 2. The van der Waals surface area contributed by atoms with E-state index in [0.717, 1.165) is 36.8 Å². The number of hydrogen-bond donors (Lipinski definition) is 1. The zero-order valence-corrected chi connectivity index (χ0v) is 22.5. The summed E-state index contributed by atoms with van der Waals surface area (Å²) in [4.78, 5) is 30.0. The fraction of sp³-hybridized carbons (Fsp3) is 0.333. The van der Waals surface area contributed by atoms with E-state index in [1.165, 1.54) is 23.5 Å². The number of hydrogen-bond acceptors (Lipinski definition) is 6. The molecule has 0 aliphatic carbocycles. The van der Waals surface area contributed by atoms with Gasteiger partial charge in [0.15, 0.2) is 6.29 Å². The lowest BCUT2D eigenvalue weighted by atomic mass is 10.2. The van der Waals surface area contributed by atoms with Gasteiger partial charge in [-0.3, -0.25) is 14.2 Å². The van der Waals surface area contributed by atoms with Crippen molar-refractivity contribution in [3.8, 4) is 5.69 Å². The fourth-order valence-corrected chi connectivity index (χ4v) is 6.48. The molecular weight excluding hydrogens is 517 g/mol. The van der Waals surface area contributed by atoms with Crippen LogP contribution in [-0.2, 0) is 9.47 Å². The Morgan fingerprint density at radius 3 is 2.72 bits per heavy atom. The van der Waals surface area contributed by atoms with E-state index >= 15 is 0 Å². The van der Waals surface area contributed by atoms with Crippen LogP contribution in [0.4, 0.5) is 15.8 Å². The first kappa shape index (κ1) is 25.7. The van der Waals surface area contributed by atoms with E-state index in [-0.39, 0.29) is 29.7 Å². The second-order valence-electron chi connectivity index (χ2n) is 10.1. The molecule has 202 valence electrons. The van der Waals surface area contributed by atoms with Crippen molar-refractivity contribution in [2.24, 2.45) is 0 Å². The first-order chi connectivity index (χ1) is 19.0. The Morgan fingerprint density at radius 2 is 1.95 bits per heavy atom.